The van der Waals surface area contributed by atoms with E-state index >= 15 is 0 Å². The molecule has 7 heteroatoms. The Balaban J connectivity index is 2.48. The van der Waals surface area contributed by atoms with Crippen molar-refractivity contribution < 1.29 is 13.2 Å². The number of hydrogen-bond acceptors (Lipinski definition) is 4. The monoisotopic (exact) mass is 256 g/mol. The molecule has 0 saturated heterocycles. The van der Waals surface area contributed by atoms with Crippen LogP contribution in [0.4, 0.5) is 13.2 Å². The minimum absolute atomic E-state index is 0.0625. The van der Waals surface area contributed by atoms with E-state index in [1.54, 1.807) is 0 Å². The lowest BCUT2D eigenvalue weighted by molar-refractivity contribution is -0.165. The SMILES string of the molecule is Cc1csc(SCC(CN)C(F)(F)F)n1. The van der Waals surface area contributed by atoms with Crippen LogP contribution in [0.15, 0.2) is 9.72 Å². The Morgan fingerprint density at radius 3 is 2.67 bits per heavy atom. The maximum absolute atomic E-state index is 12.3. The quantitative estimate of drug-likeness (QED) is 0.842. The highest BCUT2D eigenvalue weighted by Crippen LogP contribution is 2.32. The van der Waals surface area contributed by atoms with E-state index in [9.17, 15) is 13.2 Å². The first kappa shape index (κ1) is 12.8. The molecule has 0 aliphatic heterocycles. The lowest BCUT2D eigenvalue weighted by atomic mass is 10.2. The Labute approximate surface area is 94.1 Å². The first-order valence-corrected chi connectivity index (χ1v) is 6.11. The number of nitrogens with two attached hydrogens (primary N) is 1. The second-order valence-corrected chi connectivity index (χ2v) is 5.17. The number of thioether (sulfide) groups is 1. The number of aryl methyl sites for hydroxylation is 1. The highest BCUT2D eigenvalue weighted by atomic mass is 32.2. The van der Waals surface area contributed by atoms with Crippen LogP contribution in [-0.4, -0.2) is 23.5 Å². The normalized spacial score (nSPS) is 14.2. The van der Waals surface area contributed by atoms with E-state index in [1.807, 2.05) is 12.3 Å². The van der Waals surface area contributed by atoms with E-state index in [-0.39, 0.29) is 12.3 Å². The van der Waals surface area contributed by atoms with Gasteiger partial charge in [-0.3, -0.25) is 0 Å². The maximum Gasteiger partial charge on any atom is 0.393 e. The van der Waals surface area contributed by atoms with Gasteiger partial charge < -0.3 is 5.73 Å². The standard InChI is InChI=1S/C8H11F3N2S2/c1-5-3-14-7(13-5)15-4-6(2-12)8(9,10)11/h3,6H,2,4,12H2,1H3. The zero-order valence-electron chi connectivity index (χ0n) is 8.04. The largest absolute Gasteiger partial charge is 0.393 e. The van der Waals surface area contributed by atoms with Crippen LogP contribution in [0.1, 0.15) is 5.69 Å². The van der Waals surface area contributed by atoms with Crippen LogP contribution in [0, 0.1) is 12.8 Å². The fourth-order valence-electron chi connectivity index (χ4n) is 0.867. The molecule has 0 aliphatic rings. The number of halogens is 3. The van der Waals surface area contributed by atoms with Crippen LogP contribution in [-0.2, 0) is 0 Å². The number of thiazole rings is 1. The zero-order valence-corrected chi connectivity index (χ0v) is 9.68. The van der Waals surface area contributed by atoms with Crippen molar-refractivity contribution in [1.29, 1.82) is 0 Å². The molecule has 15 heavy (non-hydrogen) atoms. The van der Waals surface area contributed by atoms with Gasteiger partial charge in [0.15, 0.2) is 0 Å². The van der Waals surface area contributed by atoms with Crippen molar-refractivity contribution in [1.82, 2.24) is 4.98 Å². The van der Waals surface area contributed by atoms with Crippen molar-refractivity contribution in [3.63, 3.8) is 0 Å². The lowest BCUT2D eigenvalue weighted by Crippen LogP contribution is -2.32. The van der Waals surface area contributed by atoms with Crippen molar-refractivity contribution in [3.8, 4) is 0 Å². The van der Waals surface area contributed by atoms with Gasteiger partial charge >= 0.3 is 6.18 Å². The van der Waals surface area contributed by atoms with Crippen molar-refractivity contribution in [2.24, 2.45) is 11.7 Å². The van der Waals surface area contributed by atoms with Gasteiger partial charge in [0.25, 0.3) is 0 Å². The van der Waals surface area contributed by atoms with Crippen molar-refractivity contribution in [2.75, 3.05) is 12.3 Å². The average Bonchev–Trinajstić information content (AvgIpc) is 2.50. The van der Waals surface area contributed by atoms with Gasteiger partial charge in [-0.05, 0) is 6.92 Å². The molecule has 0 radical (unpaired) electrons. The molecule has 0 bridgehead atoms. The molecule has 1 rings (SSSR count). The molecular formula is C8H11F3N2S2. The number of hydrogen-bond donors (Lipinski definition) is 1. The first-order valence-electron chi connectivity index (χ1n) is 4.25. The Morgan fingerprint density at radius 2 is 2.27 bits per heavy atom. The van der Waals surface area contributed by atoms with Crippen LogP contribution < -0.4 is 5.73 Å². The van der Waals surface area contributed by atoms with Gasteiger partial charge in [-0.1, -0.05) is 11.8 Å². The Morgan fingerprint density at radius 1 is 1.60 bits per heavy atom. The van der Waals surface area contributed by atoms with Crippen LogP contribution in [0.5, 0.6) is 0 Å². The third-order valence-electron chi connectivity index (χ3n) is 1.75. The number of nitrogens with zero attached hydrogens (tertiary/aromatic N) is 1. The average molecular weight is 256 g/mol. The summed E-state index contributed by atoms with van der Waals surface area (Å²) in [6, 6.07) is 0. The smallest absolute Gasteiger partial charge is 0.330 e. The lowest BCUT2D eigenvalue weighted by Gasteiger charge is -2.16. The minimum Gasteiger partial charge on any atom is -0.330 e. The van der Waals surface area contributed by atoms with Crippen LogP contribution in [0.3, 0.4) is 0 Å². The Hall–Kier alpha value is -0.270. The van der Waals surface area contributed by atoms with Crippen LogP contribution >= 0.6 is 23.1 Å². The molecule has 0 spiro atoms. The summed E-state index contributed by atoms with van der Waals surface area (Å²) in [5, 5.41) is 1.81. The van der Waals surface area contributed by atoms with Crippen molar-refractivity contribution in [3.05, 3.63) is 11.1 Å². The summed E-state index contributed by atoms with van der Waals surface area (Å²) in [7, 11) is 0. The Kier molecular flexibility index (Phi) is 4.42. The summed E-state index contributed by atoms with van der Waals surface area (Å²) in [6.07, 6.45) is -4.21. The summed E-state index contributed by atoms with van der Waals surface area (Å²) < 4.78 is 37.6. The van der Waals surface area contributed by atoms with Gasteiger partial charge in [0.05, 0.1) is 5.92 Å². The molecule has 0 aliphatic carbocycles. The van der Waals surface area contributed by atoms with E-state index in [0.717, 1.165) is 17.5 Å². The molecule has 1 aromatic heterocycles. The van der Waals surface area contributed by atoms with Gasteiger partial charge in [0.2, 0.25) is 0 Å². The second-order valence-electron chi connectivity index (χ2n) is 3.04. The maximum atomic E-state index is 12.3. The van der Waals surface area contributed by atoms with Gasteiger partial charge in [-0.2, -0.15) is 13.2 Å². The fourth-order valence-corrected chi connectivity index (χ4v) is 2.89. The first-order chi connectivity index (χ1) is 6.93. The Bertz CT molecular complexity index is 311. The summed E-state index contributed by atoms with van der Waals surface area (Å²) in [5.41, 5.74) is 5.91. The predicted molar refractivity (Wildman–Crippen MR) is 56.2 cm³/mol. The summed E-state index contributed by atoms with van der Waals surface area (Å²) in [6.45, 7) is 1.44. The van der Waals surface area contributed by atoms with Gasteiger partial charge in [-0.15, -0.1) is 11.3 Å². The van der Waals surface area contributed by atoms with E-state index in [0.29, 0.717) is 4.34 Å². The summed E-state index contributed by atoms with van der Waals surface area (Å²) in [4.78, 5) is 4.07. The molecule has 0 saturated carbocycles. The molecule has 2 nitrogen and oxygen atoms in total. The van der Waals surface area contributed by atoms with Crippen molar-refractivity contribution >= 4 is 23.1 Å². The van der Waals surface area contributed by atoms with E-state index in [1.165, 1.54) is 11.3 Å². The molecular weight excluding hydrogens is 245 g/mol. The number of rotatable bonds is 4. The van der Waals surface area contributed by atoms with Crippen LogP contribution in [0.25, 0.3) is 0 Å². The molecule has 0 aromatic carbocycles. The third kappa shape index (κ3) is 4.00. The van der Waals surface area contributed by atoms with E-state index in [4.69, 9.17) is 5.73 Å². The summed E-state index contributed by atoms with van der Waals surface area (Å²) >= 11 is 2.46. The predicted octanol–water partition coefficient (Wildman–Crippen LogP) is 2.68. The van der Waals surface area contributed by atoms with Crippen LogP contribution in [0.2, 0.25) is 0 Å². The number of aromatic nitrogens is 1. The molecule has 1 unspecified atom stereocenters. The second kappa shape index (κ2) is 5.18. The third-order valence-corrected chi connectivity index (χ3v) is 4.05. The zero-order chi connectivity index (χ0) is 11.5. The molecule has 0 amide bonds. The molecule has 86 valence electrons. The fraction of sp³-hybridized carbons (Fsp3) is 0.625. The molecule has 1 atom stereocenters. The minimum atomic E-state index is -4.21. The van der Waals surface area contributed by atoms with Gasteiger partial charge in [-0.25, -0.2) is 4.98 Å². The highest BCUT2D eigenvalue weighted by Gasteiger charge is 2.38. The molecule has 1 aromatic rings. The summed E-state index contributed by atoms with van der Waals surface area (Å²) in [5.74, 6) is -1.51. The van der Waals surface area contributed by atoms with E-state index in [2.05, 4.69) is 4.98 Å². The molecule has 0 fully saturated rings. The van der Waals surface area contributed by atoms with Gasteiger partial charge in [0, 0.05) is 23.4 Å². The molecule has 2 N–H and O–H groups in total. The van der Waals surface area contributed by atoms with Gasteiger partial charge in [0.1, 0.15) is 4.34 Å². The van der Waals surface area contributed by atoms with Crippen molar-refractivity contribution in [2.45, 2.75) is 17.4 Å². The number of alkyl halides is 3. The molecule has 1 heterocycles. The topological polar surface area (TPSA) is 38.9 Å². The van der Waals surface area contributed by atoms with E-state index < -0.39 is 12.1 Å². The highest BCUT2D eigenvalue weighted by molar-refractivity contribution is 8.01.